The minimum atomic E-state index is 0. The first-order chi connectivity index (χ1) is 3.41. The van der Waals surface area contributed by atoms with Gasteiger partial charge in [0.2, 0.25) is 0 Å². The van der Waals surface area contributed by atoms with Crippen molar-refractivity contribution in [3.63, 3.8) is 0 Å². The average Bonchev–Trinajstić information content (AvgIpc) is 1.69. The predicted molar refractivity (Wildman–Crippen MR) is 31.0 cm³/mol. The van der Waals surface area contributed by atoms with Gasteiger partial charge in [-0.05, 0) is 0 Å². The first-order valence-corrected chi connectivity index (χ1v) is 2.52. The largest absolute Gasteiger partial charge is 1.00 e. The Morgan fingerprint density at radius 2 is 1.38 bits per heavy atom. The molecule has 0 atom stereocenters. The van der Waals surface area contributed by atoms with Crippen molar-refractivity contribution in [1.82, 2.24) is 5.32 Å². The number of hydrogen-bond donors (Lipinski definition) is 3. The molecule has 0 aliphatic carbocycles. The molecule has 0 aliphatic heterocycles. The molecule has 0 aromatic carbocycles. The zero-order chi connectivity index (χ0) is 5.54. The van der Waals surface area contributed by atoms with E-state index in [2.05, 4.69) is 5.32 Å². The Bertz CT molecular complexity index is 30.5. The molecule has 0 spiro atoms. The Morgan fingerprint density at radius 1 is 1.00 bits per heavy atom. The number of rotatable bonds is 4. The third-order valence-corrected chi connectivity index (χ3v) is 0.642. The summed E-state index contributed by atoms with van der Waals surface area (Å²) < 4.78 is 0. The van der Waals surface area contributed by atoms with E-state index in [4.69, 9.17) is 11.5 Å². The average molecular weight is 139 g/mol. The maximum Gasteiger partial charge on any atom is 0.00750 e. The molecule has 0 aromatic rings. The second-order valence-corrected chi connectivity index (χ2v) is 1.33. The molecule has 3 nitrogen and oxygen atoms in total. The van der Waals surface area contributed by atoms with Crippen LogP contribution in [0.4, 0.5) is 0 Å². The third kappa shape index (κ3) is 9.48. The predicted octanol–water partition coefficient (Wildman–Crippen LogP) is -4.50. The van der Waals surface area contributed by atoms with Crippen molar-refractivity contribution in [2.24, 2.45) is 11.5 Å². The number of nitrogens with two attached hydrogens (primary N) is 2. The fourth-order valence-electron chi connectivity index (χ4n) is 0.329. The summed E-state index contributed by atoms with van der Waals surface area (Å²) in [7, 11) is 0. The first kappa shape index (κ1) is 11.0. The van der Waals surface area contributed by atoms with Crippen LogP contribution in [-0.2, 0) is 0 Å². The number of halogens is 1. The lowest BCUT2D eigenvalue weighted by molar-refractivity contribution is -0.00000174. The third-order valence-electron chi connectivity index (χ3n) is 0.642. The van der Waals surface area contributed by atoms with Crippen molar-refractivity contribution in [3.05, 3.63) is 0 Å². The van der Waals surface area contributed by atoms with Crippen LogP contribution in [0.25, 0.3) is 0 Å². The van der Waals surface area contributed by atoms with Gasteiger partial charge in [-0.15, -0.1) is 0 Å². The van der Waals surface area contributed by atoms with Gasteiger partial charge >= 0.3 is 0 Å². The molecule has 0 rings (SSSR count). The fraction of sp³-hybridized carbons (Fsp3) is 1.00. The second-order valence-electron chi connectivity index (χ2n) is 1.33. The van der Waals surface area contributed by atoms with E-state index in [1.807, 2.05) is 0 Å². The molecule has 4 heteroatoms. The molecule has 0 radical (unpaired) electrons. The van der Waals surface area contributed by atoms with E-state index >= 15 is 0 Å². The van der Waals surface area contributed by atoms with Crippen LogP contribution in [-0.4, -0.2) is 26.2 Å². The standard InChI is InChI=1S/C4H13N3.ClH/c5-1-3-7-4-2-6;/h7H,1-6H2;1H/p-1. The van der Waals surface area contributed by atoms with Crippen LogP contribution in [0, 0.1) is 0 Å². The summed E-state index contributed by atoms with van der Waals surface area (Å²) in [6.45, 7) is 3.13. The van der Waals surface area contributed by atoms with Gasteiger partial charge in [0.1, 0.15) is 0 Å². The summed E-state index contributed by atoms with van der Waals surface area (Å²) in [6, 6.07) is 0. The van der Waals surface area contributed by atoms with E-state index in [1.165, 1.54) is 0 Å². The molecule has 0 saturated carbocycles. The van der Waals surface area contributed by atoms with Crippen LogP contribution in [0.2, 0.25) is 0 Å². The maximum atomic E-state index is 5.17. The van der Waals surface area contributed by atoms with Gasteiger partial charge in [-0.1, -0.05) is 0 Å². The molecule has 5 N–H and O–H groups in total. The van der Waals surface area contributed by atoms with Crippen LogP contribution < -0.4 is 29.2 Å². The Hall–Kier alpha value is 0.170. The molecular weight excluding hydrogens is 126 g/mol. The fourth-order valence-corrected chi connectivity index (χ4v) is 0.329. The lowest BCUT2D eigenvalue weighted by atomic mass is 10.6. The summed E-state index contributed by atoms with van der Waals surface area (Å²) in [5, 5.41) is 3.03. The zero-order valence-corrected chi connectivity index (χ0v) is 5.62. The highest BCUT2D eigenvalue weighted by atomic mass is 35.5. The van der Waals surface area contributed by atoms with Gasteiger partial charge in [0.05, 0.1) is 0 Å². The van der Waals surface area contributed by atoms with Gasteiger partial charge in [0, 0.05) is 26.2 Å². The highest BCUT2D eigenvalue weighted by Gasteiger charge is 1.76. The molecule has 0 saturated heterocycles. The van der Waals surface area contributed by atoms with E-state index in [0.717, 1.165) is 13.1 Å². The first-order valence-electron chi connectivity index (χ1n) is 2.52. The SMILES string of the molecule is NCCNCCN.[Cl-]. The van der Waals surface area contributed by atoms with E-state index in [9.17, 15) is 0 Å². The molecule has 0 aliphatic rings. The van der Waals surface area contributed by atoms with Gasteiger partial charge in [-0.3, -0.25) is 0 Å². The van der Waals surface area contributed by atoms with Crippen molar-refractivity contribution in [2.75, 3.05) is 26.2 Å². The van der Waals surface area contributed by atoms with Gasteiger partial charge in [-0.25, -0.2) is 0 Å². The minimum absolute atomic E-state index is 0. The Kier molecular flexibility index (Phi) is 14.1. The zero-order valence-electron chi connectivity index (χ0n) is 4.86. The minimum Gasteiger partial charge on any atom is -1.00 e. The molecule has 0 heterocycles. The van der Waals surface area contributed by atoms with Crippen molar-refractivity contribution >= 4 is 0 Å². The van der Waals surface area contributed by atoms with E-state index in [0.29, 0.717) is 13.1 Å². The van der Waals surface area contributed by atoms with Crippen molar-refractivity contribution in [2.45, 2.75) is 0 Å². The van der Waals surface area contributed by atoms with Crippen molar-refractivity contribution in [1.29, 1.82) is 0 Å². The molecule has 0 fully saturated rings. The lowest BCUT2D eigenvalue weighted by Gasteiger charge is -1.95. The Labute approximate surface area is 56.2 Å². The molecule has 0 amide bonds. The van der Waals surface area contributed by atoms with Gasteiger partial charge in [-0.2, -0.15) is 0 Å². The van der Waals surface area contributed by atoms with E-state index in [-0.39, 0.29) is 12.4 Å². The molecular formula is C4H13ClN3-. The molecule has 0 aromatic heterocycles. The van der Waals surface area contributed by atoms with E-state index < -0.39 is 0 Å². The quantitative estimate of drug-likeness (QED) is 0.343. The van der Waals surface area contributed by atoms with Crippen LogP contribution >= 0.6 is 0 Å². The van der Waals surface area contributed by atoms with Crippen molar-refractivity contribution in [3.8, 4) is 0 Å². The van der Waals surface area contributed by atoms with Gasteiger partial charge in [0.25, 0.3) is 0 Å². The maximum absolute atomic E-state index is 5.17. The second kappa shape index (κ2) is 10.2. The highest BCUT2D eigenvalue weighted by Crippen LogP contribution is 1.49. The van der Waals surface area contributed by atoms with Crippen LogP contribution in [0.5, 0.6) is 0 Å². The smallest absolute Gasteiger partial charge is 0.00750 e. The molecule has 8 heavy (non-hydrogen) atoms. The Balaban J connectivity index is 0. The van der Waals surface area contributed by atoms with Crippen molar-refractivity contribution < 1.29 is 12.4 Å². The molecule has 52 valence electrons. The van der Waals surface area contributed by atoms with Gasteiger partial charge < -0.3 is 29.2 Å². The number of hydrogen-bond acceptors (Lipinski definition) is 3. The summed E-state index contributed by atoms with van der Waals surface area (Å²) in [6.07, 6.45) is 0. The molecule has 0 bridgehead atoms. The lowest BCUT2D eigenvalue weighted by Crippen LogP contribution is -3.00. The van der Waals surface area contributed by atoms with E-state index in [1.54, 1.807) is 0 Å². The monoisotopic (exact) mass is 138 g/mol. The van der Waals surface area contributed by atoms with Crippen LogP contribution in [0.3, 0.4) is 0 Å². The highest BCUT2D eigenvalue weighted by molar-refractivity contribution is 4.45. The number of nitrogens with one attached hydrogen (secondary N) is 1. The van der Waals surface area contributed by atoms with Crippen LogP contribution in [0.15, 0.2) is 0 Å². The summed E-state index contributed by atoms with van der Waals surface area (Å²) in [5.74, 6) is 0. The summed E-state index contributed by atoms with van der Waals surface area (Å²) in [5.41, 5.74) is 10.3. The Morgan fingerprint density at radius 3 is 1.62 bits per heavy atom. The topological polar surface area (TPSA) is 64.1 Å². The summed E-state index contributed by atoms with van der Waals surface area (Å²) in [4.78, 5) is 0. The van der Waals surface area contributed by atoms with Gasteiger partial charge in [0.15, 0.2) is 0 Å². The summed E-state index contributed by atoms with van der Waals surface area (Å²) >= 11 is 0. The molecule has 0 unspecified atom stereocenters. The van der Waals surface area contributed by atoms with Crippen LogP contribution in [0.1, 0.15) is 0 Å². The normalized spacial score (nSPS) is 8.25.